The first-order valence-electron chi connectivity index (χ1n) is 26.1. The maximum absolute atomic E-state index is 6.23. The lowest BCUT2D eigenvalue weighted by Crippen LogP contribution is -2.42. The predicted octanol–water partition coefficient (Wildman–Crippen LogP) is 7.59. The van der Waals surface area contributed by atoms with E-state index in [2.05, 4.69) is 115 Å². The molecule has 4 fully saturated rings. The summed E-state index contributed by atoms with van der Waals surface area (Å²) in [7, 11) is 4.47. The molecule has 0 spiro atoms. The summed E-state index contributed by atoms with van der Waals surface area (Å²) in [6, 6.07) is 5.88. The number of hydrogen-bond acceptors (Lipinski definition) is 14. The Balaban J connectivity index is 0.000000152. The van der Waals surface area contributed by atoms with E-state index in [9.17, 15) is 0 Å². The molecule has 372 valence electrons. The topological polar surface area (TPSA) is 154 Å². The van der Waals surface area contributed by atoms with Gasteiger partial charge in [0.2, 0.25) is 0 Å². The van der Waals surface area contributed by atoms with E-state index in [1.807, 2.05) is 35.6 Å². The van der Waals surface area contributed by atoms with E-state index in [0.29, 0.717) is 25.3 Å². The molecule has 4 saturated heterocycles. The van der Waals surface area contributed by atoms with Crippen LogP contribution in [0.3, 0.4) is 0 Å². The average Bonchev–Trinajstić information content (AvgIpc) is 4.23. The molecule has 0 unspecified atom stereocenters. The number of anilines is 2. The van der Waals surface area contributed by atoms with E-state index >= 15 is 0 Å². The van der Waals surface area contributed by atoms with Crippen LogP contribution in [0.5, 0.6) is 11.5 Å². The molecule has 18 heteroatoms. The fourth-order valence-corrected chi connectivity index (χ4v) is 12.0. The minimum Gasteiger partial charge on any atom is -0.491 e. The van der Waals surface area contributed by atoms with Crippen LogP contribution in [0.4, 0.5) is 11.6 Å². The molecule has 18 nitrogen and oxygen atoms in total. The summed E-state index contributed by atoms with van der Waals surface area (Å²) < 4.78 is 20.7. The lowest BCUT2D eigenvalue weighted by atomic mass is 9.88. The van der Waals surface area contributed by atoms with Crippen LogP contribution in [-0.2, 0) is 13.1 Å². The number of aromatic nitrogens is 12. The third kappa shape index (κ3) is 9.05. The van der Waals surface area contributed by atoms with Crippen molar-refractivity contribution >= 4 is 11.6 Å². The lowest BCUT2D eigenvalue weighted by Gasteiger charge is -2.37. The molecular weight excluding hydrogens is 881 g/mol. The first-order valence-corrected chi connectivity index (χ1v) is 26.1. The Morgan fingerprint density at radius 1 is 0.514 bits per heavy atom. The standard InChI is InChI=1S/2C26H36N8O/c2*1-17(2)34-26(28-18(3)30-34)21-16-32-12-13-35-23-14-24(27-15-20(23)25(32)29-21)33-9-5-6-22(33)19-7-10-31(4)11-8-19/h2*14-17,19,22H,5-13H2,1-4H3/t2*22-/m10/s1. The second-order valence-electron chi connectivity index (χ2n) is 21.2. The Hall–Kier alpha value is -5.88. The molecule has 12 rings (SSSR count). The second kappa shape index (κ2) is 19.4. The van der Waals surface area contributed by atoms with Crippen molar-refractivity contribution in [2.45, 2.75) is 130 Å². The Labute approximate surface area is 412 Å². The van der Waals surface area contributed by atoms with Gasteiger partial charge >= 0.3 is 0 Å². The van der Waals surface area contributed by atoms with Gasteiger partial charge in [-0.25, -0.2) is 39.3 Å². The van der Waals surface area contributed by atoms with Gasteiger partial charge in [-0.1, -0.05) is 0 Å². The maximum Gasteiger partial charge on any atom is 0.178 e. The number of imidazole rings is 2. The molecule has 0 N–H and O–H groups in total. The first-order chi connectivity index (χ1) is 33.9. The van der Waals surface area contributed by atoms with E-state index in [1.165, 1.54) is 77.5 Å². The van der Waals surface area contributed by atoms with E-state index < -0.39 is 0 Å². The molecule has 2 atom stereocenters. The van der Waals surface area contributed by atoms with Gasteiger partial charge in [0.15, 0.2) is 11.6 Å². The highest BCUT2D eigenvalue weighted by Gasteiger charge is 2.37. The largest absolute Gasteiger partial charge is 0.491 e. The molecule has 70 heavy (non-hydrogen) atoms. The van der Waals surface area contributed by atoms with Crippen molar-refractivity contribution in [2.24, 2.45) is 11.8 Å². The summed E-state index contributed by atoms with van der Waals surface area (Å²) in [5, 5.41) is 9.14. The Morgan fingerprint density at radius 3 is 1.33 bits per heavy atom. The normalized spacial score (nSPS) is 21.2. The first kappa shape index (κ1) is 46.5. The van der Waals surface area contributed by atoms with Gasteiger partial charge in [-0.3, -0.25) is 0 Å². The Bertz CT molecular complexity index is 2600. The van der Waals surface area contributed by atoms with Gasteiger partial charge in [0.25, 0.3) is 0 Å². The summed E-state index contributed by atoms with van der Waals surface area (Å²) in [6.07, 6.45) is 18.2. The van der Waals surface area contributed by atoms with Crippen LogP contribution in [0.1, 0.15) is 103 Å². The highest BCUT2D eigenvalue weighted by Crippen LogP contribution is 2.41. The number of fused-ring (bicyclic) bond motifs is 6. The zero-order chi connectivity index (χ0) is 48.2. The van der Waals surface area contributed by atoms with Gasteiger partial charge < -0.3 is 38.2 Å². The van der Waals surface area contributed by atoms with E-state index in [0.717, 1.165) is 119 Å². The van der Waals surface area contributed by atoms with Crippen LogP contribution in [0.2, 0.25) is 0 Å². The van der Waals surface area contributed by atoms with Crippen molar-refractivity contribution in [3.05, 3.63) is 48.6 Å². The quantitative estimate of drug-likeness (QED) is 0.147. The number of nitrogens with zero attached hydrogens (tertiary/aromatic N) is 16. The fourth-order valence-electron chi connectivity index (χ4n) is 12.0. The molecule has 0 aromatic carbocycles. The summed E-state index contributed by atoms with van der Waals surface area (Å²) in [6.45, 7) is 21.9. The maximum atomic E-state index is 6.23. The molecule has 12 heterocycles. The van der Waals surface area contributed by atoms with E-state index in [-0.39, 0.29) is 12.1 Å². The molecule has 0 saturated carbocycles. The monoisotopic (exact) mass is 953 g/mol. The van der Waals surface area contributed by atoms with Crippen LogP contribution in [0.15, 0.2) is 36.9 Å². The molecule has 0 bridgehead atoms. The van der Waals surface area contributed by atoms with Crippen molar-refractivity contribution in [3.8, 4) is 57.3 Å². The predicted molar refractivity (Wildman–Crippen MR) is 271 cm³/mol. The highest BCUT2D eigenvalue weighted by atomic mass is 16.5. The summed E-state index contributed by atoms with van der Waals surface area (Å²) >= 11 is 0. The molecule has 6 aliphatic rings. The number of aryl methyl sites for hydroxylation is 2. The van der Waals surface area contributed by atoms with E-state index in [4.69, 9.17) is 29.4 Å². The number of rotatable bonds is 8. The molecule has 0 radical (unpaired) electrons. The highest BCUT2D eigenvalue weighted by molar-refractivity contribution is 5.71. The van der Waals surface area contributed by atoms with Crippen molar-refractivity contribution < 1.29 is 9.47 Å². The number of pyridine rings is 2. The van der Waals surface area contributed by atoms with E-state index in [1.54, 1.807) is 0 Å². The van der Waals surface area contributed by atoms with Crippen LogP contribution in [0.25, 0.3) is 45.8 Å². The Morgan fingerprint density at radius 2 is 0.929 bits per heavy atom. The van der Waals surface area contributed by atoms with Gasteiger partial charge in [0.05, 0.1) is 24.2 Å². The number of hydrogen-bond donors (Lipinski definition) is 0. The summed E-state index contributed by atoms with van der Waals surface area (Å²) in [5.74, 6) is 10.2. The SMILES string of the molecule is Cc1nc(-c2cn3c(n2)-c2cnc(N4CCC[C@@H]4C4CCN(C)CC4)cc2OCC3)n(C(C)C)n1.Cc1nc(-c2cn3c(n2)-c2cnc(N4CCC[C@H]4C4CCN(C)CC4)cc2OCC3)n(C(C)C)n1. The van der Waals surface area contributed by atoms with Crippen molar-refractivity contribution in [2.75, 3.05) is 76.4 Å². The van der Waals surface area contributed by atoms with Crippen LogP contribution in [-0.4, -0.2) is 147 Å². The van der Waals surface area contributed by atoms with Crippen LogP contribution >= 0.6 is 0 Å². The molecule has 6 aliphatic heterocycles. The van der Waals surface area contributed by atoms with Gasteiger partial charge in [-0.2, -0.15) is 10.2 Å². The smallest absolute Gasteiger partial charge is 0.178 e. The van der Waals surface area contributed by atoms with Crippen LogP contribution < -0.4 is 19.3 Å². The molecule has 6 aromatic heterocycles. The Kier molecular flexibility index (Phi) is 12.9. The zero-order valence-electron chi connectivity index (χ0n) is 42.6. The number of likely N-dealkylation sites (tertiary alicyclic amines) is 2. The molecule has 0 aliphatic carbocycles. The summed E-state index contributed by atoms with van der Waals surface area (Å²) in [5.41, 5.74) is 3.57. The van der Waals surface area contributed by atoms with Crippen molar-refractivity contribution in [3.63, 3.8) is 0 Å². The molecule has 0 amide bonds. The fraction of sp³-hybridized carbons (Fsp3) is 0.615. The van der Waals surface area contributed by atoms with Crippen molar-refractivity contribution in [1.82, 2.24) is 68.4 Å². The van der Waals surface area contributed by atoms with Crippen molar-refractivity contribution in [1.29, 1.82) is 0 Å². The molecule has 6 aromatic rings. The zero-order valence-corrected chi connectivity index (χ0v) is 42.6. The van der Waals surface area contributed by atoms with Gasteiger partial charge in [0, 0.05) is 74.2 Å². The number of ether oxygens (including phenoxy) is 2. The number of piperidine rings is 2. The minimum absolute atomic E-state index is 0.213. The molecular formula is C52H72N16O2. The van der Waals surface area contributed by atoms with Gasteiger partial charge in [-0.15, -0.1) is 0 Å². The third-order valence-corrected chi connectivity index (χ3v) is 15.6. The lowest BCUT2D eigenvalue weighted by molar-refractivity contribution is 0.198. The van der Waals surface area contributed by atoms with Crippen LogP contribution in [0, 0.1) is 25.7 Å². The van der Waals surface area contributed by atoms with Gasteiger partial charge in [-0.05, 0) is 145 Å². The summed E-state index contributed by atoms with van der Waals surface area (Å²) in [4.78, 5) is 39.2. The second-order valence-corrected chi connectivity index (χ2v) is 21.2. The minimum atomic E-state index is 0.213. The third-order valence-electron chi connectivity index (χ3n) is 15.6. The van der Waals surface area contributed by atoms with Gasteiger partial charge in [0.1, 0.15) is 71.0 Å². The average molecular weight is 953 g/mol.